The summed E-state index contributed by atoms with van der Waals surface area (Å²) in [6.07, 6.45) is 1.04. The van der Waals surface area contributed by atoms with Crippen molar-refractivity contribution < 1.29 is 13.2 Å². The van der Waals surface area contributed by atoms with E-state index in [-0.39, 0.29) is 24.5 Å². The van der Waals surface area contributed by atoms with Gasteiger partial charge in [0, 0.05) is 12.6 Å². The molecular weight excluding hydrogens is 288 g/mol. The number of nitrogens with one attached hydrogen (secondary N) is 2. The summed E-state index contributed by atoms with van der Waals surface area (Å²) in [4.78, 5) is 0. The molecule has 118 valence electrons. The minimum atomic E-state index is -3.29. The molecule has 1 aliphatic rings. The number of benzene rings is 1. The first kappa shape index (κ1) is 16.4. The second-order valence-corrected chi connectivity index (χ2v) is 7.47. The second-order valence-electron chi connectivity index (χ2n) is 5.54. The summed E-state index contributed by atoms with van der Waals surface area (Å²) in [5.41, 5.74) is 2.48. The van der Waals surface area contributed by atoms with Crippen LogP contribution in [-0.4, -0.2) is 40.0 Å². The number of sulfonamides is 1. The average molecular weight is 312 g/mol. The van der Waals surface area contributed by atoms with Crippen molar-refractivity contribution in [2.45, 2.75) is 32.4 Å². The SMILES string of the molecule is CC(C)OCCS(=O)(=O)NCC1NCCc2ccccc21. The normalized spacial score (nSPS) is 18.7. The molecule has 0 radical (unpaired) electrons. The lowest BCUT2D eigenvalue weighted by atomic mass is 9.95. The fraction of sp³-hybridized carbons (Fsp3) is 0.600. The Morgan fingerprint density at radius 3 is 2.90 bits per heavy atom. The molecule has 0 saturated heterocycles. The van der Waals surface area contributed by atoms with Crippen LogP contribution in [0, 0.1) is 0 Å². The minimum absolute atomic E-state index is 0.000450. The van der Waals surface area contributed by atoms with Crippen LogP contribution in [0.25, 0.3) is 0 Å². The van der Waals surface area contributed by atoms with Crippen LogP contribution in [0.4, 0.5) is 0 Å². The van der Waals surface area contributed by atoms with E-state index in [0.29, 0.717) is 6.54 Å². The van der Waals surface area contributed by atoms with E-state index in [1.165, 1.54) is 11.1 Å². The Balaban J connectivity index is 1.88. The van der Waals surface area contributed by atoms with Gasteiger partial charge in [0.15, 0.2) is 0 Å². The summed E-state index contributed by atoms with van der Waals surface area (Å²) in [5, 5.41) is 3.36. The van der Waals surface area contributed by atoms with Crippen molar-refractivity contribution in [3.8, 4) is 0 Å². The molecule has 0 saturated carbocycles. The molecule has 1 unspecified atom stereocenters. The first-order valence-electron chi connectivity index (χ1n) is 7.38. The largest absolute Gasteiger partial charge is 0.378 e. The standard InChI is InChI=1S/C15H24N2O3S/c1-12(2)20-9-10-21(18,19)17-11-15-14-6-4-3-5-13(14)7-8-16-15/h3-6,12,15-17H,7-11H2,1-2H3. The van der Waals surface area contributed by atoms with Gasteiger partial charge in [-0.15, -0.1) is 0 Å². The van der Waals surface area contributed by atoms with Gasteiger partial charge in [-0.1, -0.05) is 24.3 Å². The molecule has 6 heteroatoms. The lowest BCUT2D eigenvalue weighted by Gasteiger charge is -2.27. The fourth-order valence-electron chi connectivity index (χ4n) is 2.45. The van der Waals surface area contributed by atoms with Crippen molar-refractivity contribution in [1.29, 1.82) is 0 Å². The molecule has 0 aromatic heterocycles. The molecule has 0 spiro atoms. The Bertz CT molecular complexity index is 558. The first-order chi connectivity index (χ1) is 9.98. The first-order valence-corrected chi connectivity index (χ1v) is 9.03. The summed E-state index contributed by atoms with van der Waals surface area (Å²) >= 11 is 0. The summed E-state index contributed by atoms with van der Waals surface area (Å²) in [7, 11) is -3.29. The van der Waals surface area contributed by atoms with Crippen molar-refractivity contribution >= 4 is 10.0 Å². The van der Waals surface area contributed by atoms with E-state index in [1.54, 1.807) is 0 Å². The predicted molar refractivity (Wildman–Crippen MR) is 83.8 cm³/mol. The van der Waals surface area contributed by atoms with E-state index in [2.05, 4.69) is 22.2 Å². The summed E-state index contributed by atoms with van der Waals surface area (Å²) in [6, 6.07) is 8.21. The van der Waals surface area contributed by atoms with Crippen molar-refractivity contribution in [2.75, 3.05) is 25.4 Å². The van der Waals surface area contributed by atoms with Gasteiger partial charge in [0.05, 0.1) is 18.5 Å². The highest BCUT2D eigenvalue weighted by molar-refractivity contribution is 7.89. The van der Waals surface area contributed by atoms with Gasteiger partial charge >= 0.3 is 0 Å². The second kappa shape index (κ2) is 7.35. The molecule has 0 aliphatic carbocycles. The van der Waals surface area contributed by atoms with Gasteiger partial charge in [0.1, 0.15) is 0 Å². The molecule has 2 N–H and O–H groups in total. The van der Waals surface area contributed by atoms with Crippen LogP contribution < -0.4 is 10.0 Å². The molecule has 5 nitrogen and oxygen atoms in total. The number of ether oxygens (including phenoxy) is 1. The van der Waals surface area contributed by atoms with Gasteiger partial charge in [-0.05, 0) is 37.9 Å². The predicted octanol–water partition coefficient (Wildman–Crippen LogP) is 1.22. The fourth-order valence-corrected chi connectivity index (χ4v) is 3.33. The number of hydrogen-bond donors (Lipinski definition) is 2. The molecule has 1 heterocycles. The highest BCUT2D eigenvalue weighted by Gasteiger charge is 2.21. The van der Waals surface area contributed by atoms with Crippen LogP contribution in [0.2, 0.25) is 0 Å². The lowest BCUT2D eigenvalue weighted by molar-refractivity contribution is 0.0911. The van der Waals surface area contributed by atoms with Crippen molar-refractivity contribution in [3.05, 3.63) is 35.4 Å². The smallest absolute Gasteiger partial charge is 0.213 e. The van der Waals surface area contributed by atoms with Crippen LogP contribution in [-0.2, 0) is 21.2 Å². The minimum Gasteiger partial charge on any atom is -0.378 e. The molecule has 1 aromatic carbocycles. The third-order valence-electron chi connectivity index (χ3n) is 3.53. The topological polar surface area (TPSA) is 67.4 Å². The third-order valence-corrected chi connectivity index (χ3v) is 4.84. The van der Waals surface area contributed by atoms with Crippen molar-refractivity contribution in [3.63, 3.8) is 0 Å². The Kier molecular flexibility index (Phi) is 5.75. The maximum Gasteiger partial charge on any atom is 0.213 e. The molecule has 1 aliphatic heterocycles. The number of fused-ring (bicyclic) bond motifs is 1. The Hall–Kier alpha value is -0.950. The highest BCUT2D eigenvalue weighted by Crippen LogP contribution is 2.21. The Morgan fingerprint density at radius 1 is 1.38 bits per heavy atom. The molecule has 2 rings (SSSR count). The molecule has 1 atom stereocenters. The third kappa shape index (κ3) is 5.07. The summed E-state index contributed by atoms with van der Waals surface area (Å²) in [5.74, 6) is -0.000450. The van der Waals surface area contributed by atoms with E-state index >= 15 is 0 Å². The van der Waals surface area contributed by atoms with Gasteiger partial charge in [-0.3, -0.25) is 0 Å². The van der Waals surface area contributed by atoms with Crippen molar-refractivity contribution in [1.82, 2.24) is 10.0 Å². The highest BCUT2D eigenvalue weighted by atomic mass is 32.2. The van der Waals surface area contributed by atoms with Crippen LogP contribution in [0.1, 0.15) is 31.0 Å². The average Bonchev–Trinajstić information content (AvgIpc) is 2.44. The van der Waals surface area contributed by atoms with E-state index in [4.69, 9.17) is 4.74 Å². The lowest BCUT2D eigenvalue weighted by Crippen LogP contribution is -2.40. The molecular formula is C15H24N2O3S. The van der Waals surface area contributed by atoms with Crippen LogP contribution in [0.15, 0.2) is 24.3 Å². The molecule has 0 fully saturated rings. The zero-order valence-corrected chi connectivity index (χ0v) is 13.4. The van der Waals surface area contributed by atoms with E-state index in [9.17, 15) is 8.42 Å². The molecule has 21 heavy (non-hydrogen) atoms. The molecule has 1 aromatic rings. The molecule has 0 amide bonds. The number of rotatable bonds is 7. The zero-order chi connectivity index (χ0) is 15.3. The molecule has 0 bridgehead atoms. The zero-order valence-electron chi connectivity index (χ0n) is 12.6. The van der Waals surface area contributed by atoms with Gasteiger partial charge < -0.3 is 10.1 Å². The van der Waals surface area contributed by atoms with Gasteiger partial charge in [-0.2, -0.15) is 0 Å². The Morgan fingerprint density at radius 2 is 2.14 bits per heavy atom. The maximum absolute atomic E-state index is 11.9. The van der Waals surface area contributed by atoms with Gasteiger partial charge in [0.2, 0.25) is 10.0 Å². The number of hydrogen-bond acceptors (Lipinski definition) is 4. The Labute approximate surface area is 127 Å². The quantitative estimate of drug-likeness (QED) is 0.794. The maximum atomic E-state index is 11.9. The van der Waals surface area contributed by atoms with E-state index in [1.807, 2.05) is 26.0 Å². The van der Waals surface area contributed by atoms with Crippen molar-refractivity contribution in [2.24, 2.45) is 0 Å². The summed E-state index contributed by atoms with van der Waals surface area (Å²) in [6.45, 7) is 5.26. The van der Waals surface area contributed by atoms with Crippen LogP contribution in [0.3, 0.4) is 0 Å². The van der Waals surface area contributed by atoms with Crippen LogP contribution in [0.5, 0.6) is 0 Å². The van der Waals surface area contributed by atoms with Gasteiger partial charge in [0.25, 0.3) is 0 Å². The van der Waals surface area contributed by atoms with E-state index < -0.39 is 10.0 Å². The van der Waals surface area contributed by atoms with Gasteiger partial charge in [-0.25, -0.2) is 13.1 Å². The monoisotopic (exact) mass is 312 g/mol. The summed E-state index contributed by atoms with van der Waals surface area (Å²) < 4.78 is 31.9. The van der Waals surface area contributed by atoms with E-state index in [0.717, 1.165) is 13.0 Å². The van der Waals surface area contributed by atoms with Crippen LogP contribution >= 0.6 is 0 Å².